The maximum Gasteiger partial charge on any atom is 0.233 e. The lowest BCUT2D eigenvalue weighted by molar-refractivity contribution is -0.142. The van der Waals surface area contributed by atoms with E-state index in [4.69, 9.17) is 4.37 Å². The first-order chi connectivity index (χ1) is 17.6. The molecule has 3 heterocycles. The number of carbonyl (C=O) groups is 2. The van der Waals surface area contributed by atoms with Crippen molar-refractivity contribution in [3.63, 3.8) is 0 Å². The van der Waals surface area contributed by atoms with Gasteiger partial charge in [-0.3, -0.25) is 19.4 Å². The van der Waals surface area contributed by atoms with Crippen LogP contribution in [0.15, 0.2) is 24.3 Å². The topological polar surface area (TPSA) is 77.0 Å². The first kappa shape index (κ1) is 23.1. The van der Waals surface area contributed by atoms with Crippen LogP contribution in [0, 0.1) is 35.5 Å². The van der Waals surface area contributed by atoms with Gasteiger partial charge in [-0.1, -0.05) is 25.0 Å². The Morgan fingerprint density at radius 3 is 2.44 bits per heavy atom. The molecule has 1 N–H and O–H groups in total. The summed E-state index contributed by atoms with van der Waals surface area (Å²) in [5.74, 6) is 1.97. The normalized spacial score (nSPS) is 36.9. The van der Waals surface area contributed by atoms with Crippen LogP contribution in [0.2, 0.25) is 0 Å². The van der Waals surface area contributed by atoms with E-state index in [-0.39, 0.29) is 35.5 Å². The number of aliphatic hydroxyl groups excluding tert-OH is 1. The number of imide groups is 1. The van der Waals surface area contributed by atoms with E-state index in [1.165, 1.54) is 29.3 Å². The van der Waals surface area contributed by atoms with Gasteiger partial charge in [-0.15, -0.1) is 0 Å². The lowest BCUT2D eigenvalue weighted by Crippen LogP contribution is -2.49. The summed E-state index contributed by atoms with van der Waals surface area (Å²) in [5, 5.41) is 11.6. The first-order valence-corrected chi connectivity index (χ1v) is 14.7. The highest BCUT2D eigenvalue weighted by Crippen LogP contribution is 2.56. The van der Waals surface area contributed by atoms with Gasteiger partial charge < -0.3 is 10.0 Å². The minimum absolute atomic E-state index is 0.00901. The second-order valence-corrected chi connectivity index (χ2v) is 12.7. The summed E-state index contributed by atoms with van der Waals surface area (Å²) >= 11 is 1.58. The number of piperazine rings is 1. The largest absolute Gasteiger partial charge is 0.393 e. The van der Waals surface area contributed by atoms with E-state index in [0.717, 1.165) is 51.4 Å². The molecule has 0 radical (unpaired) electrons. The third kappa shape index (κ3) is 3.71. The fourth-order valence-electron chi connectivity index (χ4n) is 8.24. The van der Waals surface area contributed by atoms with Crippen LogP contribution in [-0.4, -0.2) is 76.5 Å². The molecule has 2 bridgehead atoms. The maximum atomic E-state index is 13.3. The third-order valence-corrected chi connectivity index (χ3v) is 10.9. The highest BCUT2D eigenvalue weighted by Gasteiger charge is 2.63. The molecule has 2 aromatic rings. The van der Waals surface area contributed by atoms with Crippen molar-refractivity contribution >= 4 is 39.3 Å². The number of amides is 2. The summed E-state index contributed by atoms with van der Waals surface area (Å²) in [6.07, 6.45) is 5.90. The first-order valence-electron chi connectivity index (χ1n) is 13.9. The number of fused-ring (bicyclic) bond motifs is 6. The molecule has 192 valence electrons. The van der Waals surface area contributed by atoms with Crippen molar-refractivity contribution in [1.29, 1.82) is 0 Å². The zero-order valence-corrected chi connectivity index (χ0v) is 21.6. The average molecular weight is 509 g/mol. The molecule has 2 amide bonds. The van der Waals surface area contributed by atoms with Crippen LogP contribution in [0.1, 0.15) is 38.5 Å². The minimum atomic E-state index is -0.392. The number of aliphatic hydroxyl groups is 1. The predicted molar refractivity (Wildman–Crippen MR) is 140 cm³/mol. The van der Waals surface area contributed by atoms with Crippen LogP contribution < -0.4 is 4.90 Å². The number of benzene rings is 1. The van der Waals surface area contributed by atoms with Crippen molar-refractivity contribution in [3.8, 4) is 0 Å². The van der Waals surface area contributed by atoms with Crippen molar-refractivity contribution in [1.82, 2.24) is 14.2 Å². The molecule has 7 rings (SSSR count). The lowest BCUT2D eigenvalue weighted by atomic mass is 9.78. The fraction of sp³-hybridized carbons (Fsp3) is 0.679. The van der Waals surface area contributed by atoms with Gasteiger partial charge in [-0.2, -0.15) is 4.37 Å². The molecule has 1 aromatic carbocycles. The van der Waals surface area contributed by atoms with E-state index < -0.39 is 6.10 Å². The van der Waals surface area contributed by atoms with Crippen LogP contribution in [0.25, 0.3) is 10.1 Å². The zero-order valence-electron chi connectivity index (χ0n) is 20.8. The van der Waals surface area contributed by atoms with Gasteiger partial charge in [0.25, 0.3) is 0 Å². The van der Waals surface area contributed by atoms with Crippen LogP contribution >= 0.6 is 11.5 Å². The smallest absolute Gasteiger partial charge is 0.233 e. The number of aromatic nitrogens is 1. The van der Waals surface area contributed by atoms with Gasteiger partial charge in [-0.25, -0.2) is 0 Å². The molecule has 1 aromatic heterocycles. The van der Waals surface area contributed by atoms with Crippen molar-refractivity contribution in [2.75, 3.05) is 44.2 Å². The molecule has 5 fully saturated rings. The van der Waals surface area contributed by atoms with E-state index in [0.29, 0.717) is 24.8 Å². The van der Waals surface area contributed by atoms with E-state index in [9.17, 15) is 14.7 Å². The molecular weight excluding hydrogens is 472 g/mol. The highest BCUT2D eigenvalue weighted by molar-refractivity contribution is 7.13. The summed E-state index contributed by atoms with van der Waals surface area (Å²) < 4.78 is 6.00. The predicted octanol–water partition coefficient (Wildman–Crippen LogP) is 3.23. The molecule has 8 heteroatoms. The molecule has 5 aliphatic rings. The molecule has 7 nitrogen and oxygen atoms in total. The van der Waals surface area contributed by atoms with E-state index in [1.54, 1.807) is 16.4 Å². The van der Waals surface area contributed by atoms with Gasteiger partial charge in [0.15, 0.2) is 0 Å². The fourth-order valence-corrected chi connectivity index (χ4v) is 9.04. The number of anilines is 1. The second-order valence-electron chi connectivity index (χ2n) is 11.9. The van der Waals surface area contributed by atoms with Gasteiger partial charge in [0.1, 0.15) is 5.82 Å². The van der Waals surface area contributed by atoms with Crippen LogP contribution in [-0.2, 0) is 9.59 Å². The molecule has 0 spiro atoms. The van der Waals surface area contributed by atoms with E-state index in [1.807, 2.05) is 0 Å². The summed E-state index contributed by atoms with van der Waals surface area (Å²) in [6, 6.07) is 8.49. The Kier molecular flexibility index (Phi) is 5.82. The average Bonchev–Trinajstić information content (AvgIpc) is 3.64. The Bertz CT molecular complexity index is 1160. The molecule has 3 aliphatic carbocycles. The number of nitrogens with zero attached hydrogens (tertiary/aromatic N) is 4. The Hall–Kier alpha value is -2.03. The molecule has 2 aliphatic heterocycles. The molecule has 7 atom stereocenters. The monoisotopic (exact) mass is 508 g/mol. The molecule has 3 saturated carbocycles. The van der Waals surface area contributed by atoms with Crippen LogP contribution in [0.3, 0.4) is 0 Å². The minimum Gasteiger partial charge on any atom is -0.393 e. The molecule has 2 saturated heterocycles. The number of likely N-dealkylation sites (tertiary alicyclic amines) is 1. The standard InChI is InChI=1S/C28H36N4O3S/c33-22-14-19-13-21(22)25-24(19)27(34)32(28(25)35)16-18-6-2-1-5-17(18)15-30-9-11-31(12-10-30)26-20-7-3-4-8-23(20)36-29-26/h3-4,7-8,17-19,21-22,24-25,33H,1-2,5-6,9-16H2/t17-,18-,19+,21-,22?,24-,25+/m0/s1. The lowest BCUT2D eigenvalue weighted by Gasteiger charge is -2.40. The van der Waals surface area contributed by atoms with Gasteiger partial charge in [0, 0.05) is 44.7 Å². The van der Waals surface area contributed by atoms with E-state index in [2.05, 4.69) is 34.1 Å². The van der Waals surface area contributed by atoms with Crippen molar-refractivity contribution in [2.24, 2.45) is 35.5 Å². The third-order valence-electron chi connectivity index (χ3n) is 10.1. The van der Waals surface area contributed by atoms with Gasteiger partial charge in [0.05, 0.1) is 22.6 Å². The summed E-state index contributed by atoms with van der Waals surface area (Å²) in [5.41, 5.74) is 0. The Labute approximate surface area is 216 Å². The Morgan fingerprint density at radius 1 is 0.917 bits per heavy atom. The SMILES string of the molecule is O=C1[C@H]2[C@H]3CC(O)[C@H](C3)[C@H]2C(=O)N1C[C@@H]1CCCC[C@H]1CN1CCN(c2nsc3ccccc23)CC1. The zero-order chi connectivity index (χ0) is 24.4. The van der Waals surface area contributed by atoms with Crippen molar-refractivity contribution in [2.45, 2.75) is 44.6 Å². The number of carbonyl (C=O) groups excluding carboxylic acids is 2. The molecule has 36 heavy (non-hydrogen) atoms. The van der Waals surface area contributed by atoms with Crippen molar-refractivity contribution in [3.05, 3.63) is 24.3 Å². The highest BCUT2D eigenvalue weighted by atomic mass is 32.1. The molecule has 1 unspecified atom stereocenters. The Morgan fingerprint density at radius 2 is 1.64 bits per heavy atom. The maximum absolute atomic E-state index is 13.3. The van der Waals surface area contributed by atoms with Gasteiger partial charge in [0.2, 0.25) is 11.8 Å². The number of hydrogen-bond acceptors (Lipinski definition) is 7. The Balaban J connectivity index is 0.988. The summed E-state index contributed by atoms with van der Waals surface area (Å²) in [4.78, 5) is 33.3. The second kappa shape index (κ2) is 9.07. The van der Waals surface area contributed by atoms with E-state index >= 15 is 0 Å². The summed E-state index contributed by atoms with van der Waals surface area (Å²) in [7, 11) is 0. The van der Waals surface area contributed by atoms with Gasteiger partial charge in [-0.05, 0) is 73.0 Å². The van der Waals surface area contributed by atoms with Crippen LogP contribution in [0.4, 0.5) is 5.82 Å². The molecular formula is C28H36N4O3S. The number of rotatable bonds is 5. The van der Waals surface area contributed by atoms with Crippen molar-refractivity contribution < 1.29 is 14.7 Å². The van der Waals surface area contributed by atoms with Gasteiger partial charge >= 0.3 is 0 Å². The quantitative estimate of drug-likeness (QED) is 0.625. The number of hydrogen-bond donors (Lipinski definition) is 1. The van der Waals surface area contributed by atoms with Crippen LogP contribution in [0.5, 0.6) is 0 Å². The summed E-state index contributed by atoms with van der Waals surface area (Å²) in [6.45, 7) is 5.69.